The first-order valence-electron chi connectivity index (χ1n) is 5.98. The zero-order chi connectivity index (χ0) is 13.2. The molecule has 0 amide bonds. The quantitative estimate of drug-likeness (QED) is 0.758. The Balaban J connectivity index is 2.02. The van der Waals surface area contributed by atoms with E-state index >= 15 is 0 Å². The lowest BCUT2D eigenvalue weighted by Gasteiger charge is -2.01. The lowest BCUT2D eigenvalue weighted by molar-refractivity contribution is 0.627. The summed E-state index contributed by atoms with van der Waals surface area (Å²) >= 11 is 0. The van der Waals surface area contributed by atoms with Crippen molar-refractivity contribution in [1.82, 2.24) is 15.2 Å². The third kappa shape index (κ3) is 2.25. The Kier molecular flexibility index (Phi) is 2.83. The van der Waals surface area contributed by atoms with Crippen LogP contribution in [0.1, 0.15) is 5.56 Å². The van der Waals surface area contributed by atoms with Gasteiger partial charge in [-0.3, -0.25) is 5.10 Å². The highest BCUT2D eigenvalue weighted by atomic mass is 19.1. The van der Waals surface area contributed by atoms with Gasteiger partial charge in [0.05, 0.1) is 0 Å². The normalized spacial score (nSPS) is 10.6. The van der Waals surface area contributed by atoms with Crippen LogP contribution < -0.4 is 0 Å². The highest BCUT2D eigenvalue weighted by molar-refractivity contribution is 5.63. The van der Waals surface area contributed by atoms with Crippen molar-refractivity contribution in [2.75, 3.05) is 0 Å². The lowest BCUT2D eigenvalue weighted by Crippen LogP contribution is -1.87. The Morgan fingerprint density at radius 2 is 1.84 bits per heavy atom. The molecular weight excluding hydrogens is 241 g/mol. The van der Waals surface area contributed by atoms with Gasteiger partial charge in [-0.25, -0.2) is 9.37 Å². The Morgan fingerprint density at radius 3 is 2.58 bits per heavy atom. The highest BCUT2D eigenvalue weighted by Gasteiger charge is 2.09. The summed E-state index contributed by atoms with van der Waals surface area (Å²) in [5, 5.41) is 7.09. The van der Waals surface area contributed by atoms with Crippen LogP contribution in [0.3, 0.4) is 0 Å². The molecule has 3 rings (SSSR count). The molecule has 0 saturated carbocycles. The predicted octanol–water partition coefficient (Wildman–Crippen LogP) is 3.59. The van der Waals surface area contributed by atoms with Crippen LogP contribution in [0.2, 0.25) is 0 Å². The van der Waals surface area contributed by atoms with Gasteiger partial charge in [-0.15, -0.1) is 0 Å². The summed E-state index contributed by atoms with van der Waals surface area (Å²) in [5.74, 6) is 1.04. The number of nitrogens with one attached hydrogen (secondary N) is 1. The fourth-order valence-electron chi connectivity index (χ4n) is 1.99. The molecule has 1 heterocycles. The van der Waals surface area contributed by atoms with E-state index in [2.05, 4.69) is 15.2 Å². The van der Waals surface area contributed by atoms with Gasteiger partial charge >= 0.3 is 0 Å². The average molecular weight is 253 g/mol. The van der Waals surface area contributed by atoms with E-state index in [0.29, 0.717) is 11.6 Å². The number of hydrogen-bond acceptors (Lipinski definition) is 2. The maximum atomic E-state index is 13.1. The van der Waals surface area contributed by atoms with Crippen molar-refractivity contribution < 1.29 is 4.39 Å². The zero-order valence-electron chi connectivity index (χ0n) is 10.4. The molecule has 3 aromatic rings. The van der Waals surface area contributed by atoms with Gasteiger partial charge in [0.25, 0.3) is 0 Å². The molecular formula is C15H12FN3. The van der Waals surface area contributed by atoms with E-state index in [-0.39, 0.29) is 5.82 Å². The minimum absolute atomic E-state index is 0.246. The topological polar surface area (TPSA) is 41.6 Å². The molecule has 0 aliphatic rings. The average Bonchev–Trinajstić information content (AvgIpc) is 2.89. The minimum atomic E-state index is -0.246. The van der Waals surface area contributed by atoms with Gasteiger partial charge in [0.2, 0.25) is 0 Å². The van der Waals surface area contributed by atoms with Gasteiger partial charge in [-0.05, 0) is 30.7 Å². The smallest absolute Gasteiger partial charge is 0.181 e. The summed E-state index contributed by atoms with van der Waals surface area (Å²) in [7, 11) is 0. The van der Waals surface area contributed by atoms with Gasteiger partial charge in [0.1, 0.15) is 5.82 Å². The van der Waals surface area contributed by atoms with Crippen LogP contribution in [0.5, 0.6) is 0 Å². The molecule has 0 radical (unpaired) electrons. The van der Waals surface area contributed by atoms with Gasteiger partial charge in [-0.2, -0.15) is 5.10 Å². The molecule has 0 unspecified atom stereocenters. The SMILES string of the molecule is Cc1cc(F)ccc1-c1nc(-c2ccccc2)n[nH]1. The van der Waals surface area contributed by atoms with E-state index in [0.717, 1.165) is 16.7 Å². The molecule has 0 aliphatic carbocycles. The standard InChI is InChI=1S/C15H12FN3/c1-10-9-12(16)7-8-13(10)15-17-14(18-19-15)11-5-3-2-4-6-11/h2-9H,1H3,(H,17,18,19). The van der Waals surface area contributed by atoms with Crippen molar-refractivity contribution in [2.24, 2.45) is 0 Å². The number of aromatic nitrogens is 3. The molecule has 19 heavy (non-hydrogen) atoms. The van der Waals surface area contributed by atoms with Crippen LogP contribution in [0.15, 0.2) is 48.5 Å². The number of nitrogens with zero attached hydrogens (tertiary/aromatic N) is 2. The van der Waals surface area contributed by atoms with Crippen molar-refractivity contribution in [3.8, 4) is 22.8 Å². The first kappa shape index (κ1) is 11.6. The predicted molar refractivity (Wildman–Crippen MR) is 71.9 cm³/mol. The van der Waals surface area contributed by atoms with Gasteiger partial charge in [-0.1, -0.05) is 30.3 Å². The molecule has 0 bridgehead atoms. The Morgan fingerprint density at radius 1 is 1.05 bits per heavy atom. The second-order valence-corrected chi connectivity index (χ2v) is 4.33. The van der Waals surface area contributed by atoms with E-state index in [1.54, 1.807) is 6.07 Å². The second-order valence-electron chi connectivity index (χ2n) is 4.33. The first-order valence-corrected chi connectivity index (χ1v) is 5.98. The molecule has 4 heteroatoms. The molecule has 94 valence electrons. The van der Waals surface area contributed by atoms with E-state index < -0.39 is 0 Å². The Bertz CT molecular complexity index is 704. The van der Waals surface area contributed by atoms with Crippen molar-refractivity contribution in [3.05, 3.63) is 59.9 Å². The number of H-pyrrole nitrogens is 1. The van der Waals surface area contributed by atoms with Crippen LogP contribution in [0.25, 0.3) is 22.8 Å². The first-order chi connectivity index (χ1) is 9.24. The molecule has 2 aromatic carbocycles. The monoisotopic (exact) mass is 253 g/mol. The number of aryl methyl sites for hydroxylation is 1. The molecule has 1 N–H and O–H groups in total. The molecule has 0 spiro atoms. The minimum Gasteiger partial charge on any atom is -0.259 e. The van der Waals surface area contributed by atoms with Gasteiger partial charge in [0, 0.05) is 11.1 Å². The summed E-state index contributed by atoms with van der Waals surface area (Å²) in [6, 6.07) is 14.3. The van der Waals surface area contributed by atoms with Crippen LogP contribution in [0, 0.1) is 12.7 Å². The van der Waals surface area contributed by atoms with Crippen molar-refractivity contribution >= 4 is 0 Å². The second kappa shape index (κ2) is 4.65. The van der Waals surface area contributed by atoms with Crippen molar-refractivity contribution in [3.63, 3.8) is 0 Å². The van der Waals surface area contributed by atoms with E-state index in [1.165, 1.54) is 12.1 Å². The maximum absolute atomic E-state index is 13.1. The van der Waals surface area contributed by atoms with Crippen LogP contribution in [-0.2, 0) is 0 Å². The number of aromatic amines is 1. The Hall–Kier alpha value is -2.49. The van der Waals surface area contributed by atoms with Crippen molar-refractivity contribution in [1.29, 1.82) is 0 Å². The van der Waals surface area contributed by atoms with Crippen LogP contribution in [-0.4, -0.2) is 15.2 Å². The third-order valence-electron chi connectivity index (χ3n) is 2.96. The number of halogens is 1. The van der Waals surface area contributed by atoms with Gasteiger partial charge in [0.15, 0.2) is 11.6 Å². The van der Waals surface area contributed by atoms with E-state index in [4.69, 9.17) is 0 Å². The molecule has 0 aliphatic heterocycles. The fraction of sp³-hybridized carbons (Fsp3) is 0.0667. The molecule has 1 aromatic heterocycles. The highest BCUT2D eigenvalue weighted by Crippen LogP contribution is 2.23. The summed E-state index contributed by atoms with van der Waals surface area (Å²) < 4.78 is 13.1. The molecule has 0 saturated heterocycles. The van der Waals surface area contributed by atoms with Crippen LogP contribution in [0.4, 0.5) is 4.39 Å². The Labute approximate surface area is 110 Å². The number of benzene rings is 2. The van der Waals surface area contributed by atoms with Crippen LogP contribution >= 0.6 is 0 Å². The largest absolute Gasteiger partial charge is 0.259 e. The van der Waals surface area contributed by atoms with E-state index in [9.17, 15) is 4.39 Å². The third-order valence-corrected chi connectivity index (χ3v) is 2.96. The number of hydrogen-bond donors (Lipinski definition) is 1. The lowest BCUT2D eigenvalue weighted by atomic mass is 10.1. The van der Waals surface area contributed by atoms with Crippen molar-refractivity contribution in [2.45, 2.75) is 6.92 Å². The summed E-state index contributed by atoms with van der Waals surface area (Å²) in [4.78, 5) is 4.45. The fourth-order valence-corrected chi connectivity index (χ4v) is 1.99. The van der Waals surface area contributed by atoms with E-state index in [1.807, 2.05) is 37.3 Å². The summed E-state index contributed by atoms with van der Waals surface area (Å²) in [5.41, 5.74) is 2.64. The molecule has 0 fully saturated rings. The van der Waals surface area contributed by atoms with Gasteiger partial charge < -0.3 is 0 Å². The summed E-state index contributed by atoms with van der Waals surface area (Å²) in [6.07, 6.45) is 0. The molecule has 3 nitrogen and oxygen atoms in total. The zero-order valence-corrected chi connectivity index (χ0v) is 10.4. The molecule has 0 atom stereocenters. The number of rotatable bonds is 2. The summed E-state index contributed by atoms with van der Waals surface area (Å²) in [6.45, 7) is 1.85. The maximum Gasteiger partial charge on any atom is 0.181 e.